The van der Waals surface area contributed by atoms with Crippen LogP contribution in [0.15, 0.2) is 17.6 Å². The number of thiazole rings is 1. The lowest BCUT2D eigenvalue weighted by molar-refractivity contribution is 0.102. The minimum Gasteiger partial charge on any atom is -0.373 e. The van der Waals surface area contributed by atoms with Crippen LogP contribution in [0.5, 0.6) is 0 Å². The summed E-state index contributed by atoms with van der Waals surface area (Å²) in [6.07, 6.45) is 1.45. The van der Waals surface area contributed by atoms with E-state index in [9.17, 15) is 4.79 Å². The van der Waals surface area contributed by atoms with Crippen LogP contribution in [0.4, 0.5) is 10.9 Å². The van der Waals surface area contributed by atoms with E-state index < -0.39 is 0 Å². The monoisotopic (exact) mass is 324 g/mol. The van der Waals surface area contributed by atoms with E-state index >= 15 is 0 Å². The van der Waals surface area contributed by atoms with Gasteiger partial charge in [-0.25, -0.2) is 9.97 Å². The highest BCUT2D eigenvalue weighted by Crippen LogP contribution is 2.27. The maximum Gasteiger partial charge on any atom is 0.259 e. The summed E-state index contributed by atoms with van der Waals surface area (Å²) in [6, 6.07) is 1.61. The number of pyridine rings is 1. The Balaban J connectivity index is 2.20. The first kappa shape index (κ1) is 15.7. The fourth-order valence-electron chi connectivity index (χ4n) is 1.59. The summed E-state index contributed by atoms with van der Waals surface area (Å²) in [5.74, 6) is 0.285. The molecule has 0 atom stereocenters. The summed E-state index contributed by atoms with van der Waals surface area (Å²) < 4.78 is 0. The molecule has 0 saturated heterocycles. The molecule has 5 nitrogen and oxygen atoms in total. The quantitative estimate of drug-likeness (QED) is 0.901. The molecule has 0 unspecified atom stereocenters. The second-order valence-corrected chi connectivity index (χ2v) is 6.81. The van der Waals surface area contributed by atoms with Crippen LogP contribution in [0.1, 0.15) is 36.8 Å². The molecule has 7 heteroatoms. The summed E-state index contributed by atoms with van der Waals surface area (Å²) in [5.41, 5.74) is 1.26. The van der Waals surface area contributed by atoms with Gasteiger partial charge in [0.2, 0.25) is 0 Å². The molecule has 0 radical (unpaired) electrons. The number of hydrogen-bond donors (Lipinski definition) is 2. The fourth-order valence-corrected chi connectivity index (χ4v) is 2.71. The largest absolute Gasteiger partial charge is 0.373 e. The molecule has 1 amide bonds. The molecule has 0 aliphatic carbocycles. The van der Waals surface area contributed by atoms with Gasteiger partial charge in [0, 0.05) is 24.0 Å². The van der Waals surface area contributed by atoms with Crippen molar-refractivity contribution in [2.45, 2.75) is 26.2 Å². The molecule has 0 bridgehead atoms. The van der Waals surface area contributed by atoms with Gasteiger partial charge in [-0.3, -0.25) is 10.1 Å². The zero-order chi connectivity index (χ0) is 15.6. The molecule has 0 aliphatic rings. The summed E-state index contributed by atoms with van der Waals surface area (Å²) in [5, 5.41) is 8.46. The number of anilines is 2. The highest BCUT2D eigenvalue weighted by Gasteiger charge is 2.19. The van der Waals surface area contributed by atoms with Gasteiger partial charge in [-0.1, -0.05) is 32.4 Å². The Morgan fingerprint density at radius 2 is 2.10 bits per heavy atom. The number of rotatable bonds is 3. The van der Waals surface area contributed by atoms with Crippen molar-refractivity contribution in [3.05, 3.63) is 33.9 Å². The highest BCUT2D eigenvalue weighted by atomic mass is 35.5. The molecule has 112 valence electrons. The maximum absolute atomic E-state index is 12.3. The lowest BCUT2D eigenvalue weighted by atomic mass is 9.93. The van der Waals surface area contributed by atoms with E-state index in [2.05, 4.69) is 41.4 Å². The van der Waals surface area contributed by atoms with Gasteiger partial charge >= 0.3 is 0 Å². The van der Waals surface area contributed by atoms with Gasteiger partial charge in [-0.15, -0.1) is 11.3 Å². The minimum absolute atomic E-state index is 0.0485. The SMILES string of the molecule is CNc1cc(C(=O)Nc2nc(C(C)(C)C)cs2)c(Cl)cn1. The van der Waals surface area contributed by atoms with Crippen molar-refractivity contribution in [3.8, 4) is 0 Å². The van der Waals surface area contributed by atoms with Crippen molar-refractivity contribution in [1.29, 1.82) is 0 Å². The fraction of sp³-hybridized carbons (Fsp3) is 0.357. The third-order valence-electron chi connectivity index (χ3n) is 2.85. The van der Waals surface area contributed by atoms with Crippen LogP contribution in [0.3, 0.4) is 0 Å². The molecule has 2 aromatic rings. The lowest BCUT2D eigenvalue weighted by Crippen LogP contribution is -2.15. The van der Waals surface area contributed by atoms with Crippen molar-refractivity contribution in [1.82, 2.24) is 9.97 Å². The van der Waals surface area contributed by atoms with Crippen molar-refractivity contribution in [3.63, 3.8) is 0 Å². The van der Waals surface area contributed by atoms with E-state index in [-0.39, 0.29) is 11.3 Å². The number of amides is 1. The predicted molar refractivity (Wildman–Crippen MR) is 87.6 cm³/mol. The second kappa shape index (κ2) is 5.99. The molecule has 0 aliphatic heterocycles. The maximum atomic E-state index is 12.3. The number of carbonyl (C=O) groups is 1. The van der Waals surface area contributed by atoms with Gasteiger partial charge in [-0.05, 0) is 6.07 Å². The van der Waals surface area contributed by atoms with E-state index in [1.807, 2.05) is 5.38 Å². The Bertz CT molecular complexity index is 663. The second-order valence-electron chi connectivity index (χ2n) is 5.54. The number of aromatic nitrogens is 2. The van der Waals surface area contributed by atoms with E-state index in [0.29, 0.717) is 21.5 Å². The number of carbonyl (C=O) groups excluding carboxylic acids is 1. The third-order valence-corrected chi connectivity index (χ3v) is 3.91. The first-order chi connectivity index (χ1) is 9.81. The van der Waals surface area contributed by atoms with Crippen LogP contribution < -0.4 is 10.6 Å². The average Bonchev–Trinajstić information content (AvgIpc) is 2.87. The van der Waals surface area contributed by atoms with Gasteiger partial charge < -0.3 is 5.32 Å². The van der Waals surface area contributed by atoms with E-state index in [4.69, 9.17) is 11.6 Å². The molecule has 2 aromatic heterocycles. The summed E-state index contributed by atoms with van der Waals surface area (Å²) in [7, 11) is 1.73. The minimum atomic E-state index is -0.297. The molecule has 0 fully saturated rings. The van der Waals surface area contributed by atoms with Crippen LogP contribution in [0.25, 0.3) is 0 Å². The van der Waals surface area contributed by atoms with Crippen LogP contribution in [-0.4, -0.2) is 22.9 Å². The molecular formula is C14H17ClN4OS. The van der Waals surface area contributed by atoms with Crippen LogP contribution in [0, 0.1) is 0 Å². The van der Waals surface area contributed by atoms with E-state index in [0.717, 1.165) is 5.69 Å². The first-order valence-electron chi connectivity index (χ1n) is 6.42. The van der Waals surface area contributed by atoms with Gasteiger partial charge in [0.1, 0.15) is 5.82 Å². The number of halogens is 1. The van der Waals surface area contributed by atoms with Gasteiger partial charge in [-0.2, -0.15) is 0 Å². The average molecular weight is 325 g/mol. The van der Waals surface area contributed by atoms with Gasteiger partial charge in [0.25, 0.3) is 5.91 Å². The van der Waals surface area contributed by atoms with Crippen LogP contribution in [0.2, 0.25) is 5.02 Å². The third kappa shape index (κ3) is 3.71. The van der Waals surface area contributed by atoms with Crippen LogP contribution >= 0.6 is 22.9 Å². The lowest BCUT2D eigenvalue weighted by Gasteiger charge is -2.14. The Kier molecular flexibility index (Phi) is 4.49. The molecule has 2 N–H and O–H groups in total. The molecular weight excluding hydrogens is 308 g/mol. The Morgan fingerprint density at radius 3 is 2.67 bits per heavy atom. The zero-order valence-corrected chi connectivity index (χ0v) is 13.9. The molecule has 0 spiro atoms. The topological polar surface area (TPSA) is 66.9 Å². The Morgan fingerprint density at radius 1 is 1.38 bits per heavy atom. The smallest absolute Gasteiger partial charge is 0.259 e. The normalized spacial score (nSPS) is 11.3. The Labute approximate surface area is 132 Å². The number of hydrogen-bond acceptors (Lipinski definition) is 5. The van der Waals surface area contributed by atoms with Gasteiger partial charge in [0.15, 0.2) is 5.13 Å². The van der Waals surface area contributed by atoms with Crippen molar-refractivity contribution in [2.75, 3.05) is 17.7 Å². The van der Waals surface area contributed by atoms with E-state index in [1.165, 1.54) is 17.5 Å². The highest BCUT2D eigenvalue weighted by molar-refractivity contribution is 7.14. The van der Waals surface area contributed by atoms with Crippen molar-refractivity contribution < 1.29 is 4.79 Å². The summed E-state index contributed by atoms with van der Waals surface area (Å²) >= 11 is 7.42. The summed E-state index contributed by atoms with van der Waals surface area (Å²) in [6.45, 7) is 6.23. The molecule has 21 heavy (non-hydrogen) atoms. The van der Waals surface area contributed by atoms with Gasteiger partial charge in [0.05, 0.1) is 16.3 Å². The molecule has 2 rings (SSSR count). The number of nitrogens with one attached hydrogen (secondary N) is 2. The number of nitrogens with zero attached hydrogens (tertiary/aromatic N) is 2. The molecule has 0 saturated carbocycles. The van der Waals surface area contributed by atoms with Crippen LogP contribution in [-0.2, 0) is 5.41 Å². The standard InChI is InChI=1S/C14H17ClN4OS/c1-14(2,3)10-7-21-13(18-10)19-12(20)8-5-11(16-4)17-6-9(8)15/h5-7H,1-4H3,(H,16,17)(H,18,19,20). The van der Waals surface area contributed by atoms with Crippen molar-refractivity contribution >= 4 is 39.8 Å². The first-order valence-corrected chi connectivity index (χ1v) is 7.67. The molecule has 2 heterocycles. The zero-order valence-electron chi connectivity index (χ0n) is 12.3. The van der Waals surface area contributed by atoms with Crippen molar-refractivity contribution in [2.24, 2.45) is 0 Å². The predicted octanol–water partition coefficient (Wildman–Crippen LogP) is 3.78. The summed E-state index contributed by atoms with van der Waals surface area (Å²) in [4.78, 5) is 20.8. The Hall–Kier alpha value is -1.66. The van der Waals surface area contributed by atoms with E-state index in [1.54, 1.807) is 13.1 Å². The molecule has 0 aromatic carbocycles.